The summed E-state index contributed by atoms with van der Waals surface area (Å²) in [5.41, 5.74) is 0.727. The van der Waals surface area contributed by atoms with Gasteiger partial charge in [-0.05, 0) is 31.5 Å². The average molecular weight is 307 g/mol. The van der Waals surface area contributed by atoms with Crippen LogP contribution in [0.2, 0.25) is 0 Å². The van der Waals surface area contributed by atoms with Crippen molar-refractivity contribution in [3.05, 3.63) is 40.6 Å². The molecule has 1 atom stereocenters. The molecule has 0 aliphatic heterocycles. The number of rotatable bonds is 5. The zero-order valence-electron chi connectivity index (χ0n) is 11.4. The number of hydrogen-bond donors (Lipinski definition) is 2. The zero-order valence-corrected chi connectivity index (χ0v) is 13.1. The maximum absolute atomic E-state index is 12.0. The Hall–Kier alpha value is -1.46. The molecule has 1 heterocycles. The summed E-state index contributed by atoms with van der Waals surface area (Å²) in [6, 6.07) is 9.18. The molecule has 1 N–H and O–H groups in total. The molecule has 1 aromatic carbocycles. The normalized spacial score (nSPS) is 11.9. The zero-order chi connectivity index (χ0) is 14.5. The van der Waals surface area contributed by atoms with Gasteiger partial charge in [0.05, 0.1) is 11.0 Å². The Morgan fingerprint density at radius 2 is 2.25 bits per heavy atom. The number of ether oxygens (including phenoxy) is 1. The molecule has 3 nitrogen and oxygen atoms in total. The largest absolute Gasteiger partial charge is 0.491 e. The van der Waals surface area contributed by atoms with Gasteiger partial charge in [-0.2, -0.15) is 0 Å². The molecule has 2 rings (SSSR count). The number of benzene rings is 1. The van der Waals surface area contributed by atoms with Gasteiger partial charge in [0.15, 0.2) is 0 Å². The fourth-order valence-electron chi connectivity index (χ4n) is 1.60. The molecule has 0 radical (unpaired) electrons. The second-order valence-electron chi connectivity index (χ2n) is 4.49. The molecule has 5 heteroatoms. The van der Waals surface area contributed by atoms with Gasteiger partial charge in [-0.25, -0.2) is 0 Å². The summed E-state index contributed by atoms with van der Waals surface area (Å²) in [6.45, 7) is 4.09. The first-order valence-corrected chi connectivity index (χ1v) is 7.76. The molecular formula is C15H17NO2S2. The summed E-state index contributed by atoms with van der Waals surface area (Å²) < 4.78 is 5.73. The van der Waals surface area contributed by atoms with Crippen LogP contribution in [-0.2, 0) is 0 Å². The highest BCUT2D eigenvalue weighted by molar-refractivity contribution is 7.80. The van der Waals surface area contributed by atoms with Crippen molar-refractivity contribution in [3.8, 4) is 5.75 Å². The van der Waals surface area contributed by atoms with Crippen molar-refractivity contribution in [3.63, 3.8) is 0 Å². The monoisotopic (exact) mass is 307 g/mol. The van der Waals surface area contributed by atoms with Gasteiger partial charge in [-0.3, -0.25) is 4.79 Å². The van der Waals surface area contributed by atoms with Gasteiger partial charge in [-0.15, -0.1) is 24.0 Å². The first-order chi connectivity index (χ1) is 9.58. The second-order valence-corrected chi connectivity index (χ2v) is 5.92. The summed E-state index contributed by atoms with van der Waals surface area (Å²) in [5, 5.41) is 4.69. The number of thiol groups is 1. The molecule has 0 aliphatic rings. The number of thiophene rings is 1. The SMILES string of the molecule is CCC(C)Oc1cccc(NC(=O)c2cc(S)cs2)c1. The topological polar surface area (TPSA) is 38.3 Å². The van der Waals surface area contributed by atoms with E-state index in [1.165, 1.54) is 11.3 Å². The standard InChI is InChI=1S/C15H17NO2S2/c1-3-10(2)18-12-6-4-5-11(7-12)16-15(17)14-8-13(19)9-20-14/h4-10,19H,3H2,1-2H3,(H,16,17). The third-order valence-corrected chi connectivity index (χ3v) is 4.18. The highest BCUT2D eigenvalue weighted by atomic mass is 32.1. The van der Waals surface area contributed by atoms with Gasteiger partial charge in [0.25, 0.3) is 5.91 Å². The number of anilines is 1. The van der Waals surface area contributed by atoms with Crippen LogP contribution in [-0.4, -0.2) is 12.0 Å². The molecule has 0 spiro atoms. The summed E-state index contributed by atoms with van der Waals surface area (Å²) in [6.07, 6.45) is 1.10. The molecule has 0 aliphatic carbocycles. The molecule has 1 unspecified atom stereocenters. The Balaban J connectivity index is 2.06. The van der Waals surface area contributed by atoms with Crippen molar-refractivity contribution in [1.29, 1.82) is 0 Å². The van der Waals surface area contributed by atoms with Crippen molar-refractivity contribution in [2.45, 2.75) is 31.3 Å². The molecule has 0 saturated heterocycles. The van der Waals surface area contributed by atoms with Crippen molar-refractivity contribution >= 4 is 35.6 Å². The maximum atomic E-state index is 12.0. The molecule has 0 saturated carbocycles. The third-order valence-electron chi connectivity index (χ3n) is 2.81. The van der Waals surface area contributed by atoms with Crippen LogP contribution in [0, 0.1) is 0 Å². The van der Waals surface area contributed by atoms with Gasteiger partial charge in [0, 0.05) is 22.0 Å². The van der Waals surface area contributed by atoms with Crippen LogP contribution < -0.4 is 10.1 Å². The van der Waals surface area contributed by atoms with E-state index in [9.17, 15) is 4.79 Å². The Kier molecular flexibility index (Phi) is 5.09. The van der Waals surface area contributed by atoms with E-state index in [1.807, 2.05) is 36.6 Å². The molecule has 20 heavy (non-hydrogen) atoms. The minimum Gasteiger partial charge on any atom is -0.491 e. The van der Waals surface area contributed by atoms with Crippen LogP contribution in [0.5, 0.6) is 5.75 Å². The fourth-order valence-corrected chi connectivity index (χ4v) is 2.64. The van der Waals surface area contributed by atoms with E-state index in [1.54, 1.807) is 6.07 Å². The lowest BCUT2D eigenvalue weighted by molar-refractivity contribution is 0.103. The van der Waals surface area contributed by atoms with E-state index < -0.39 is 0 Å². The lowest BCUT2D eigenvalue weighted by Gasteiger charge is -2.13. The van der Waals surface area contributed by atoms with Gasteiger partial charge in [-0.1, -0.05) is 13.0 Å². The van der Waals surface area contributed by atoms with Crippen LogP contribution in [0.25, 0.3) is 0 Å². The van der Waals surface area contributed by atoms with Crippen molar-refractivity contribution in [2.75, 3.05) is 5.32 Å². The van der Waals surface area contributed by atoms with Crippen molar-refractivity contribution in [2.24, 2.45) is 0 Å². The Morgan fingerprint density at radius 1 is 1.45 bits per heavy atom. The fraction of sp³-hybridized carbons (Fsp3) is 0.267. The molecular weight excluding hydrogens is 290 g/mol. The number of hydrogen-bond acceptors (Lipinski definition) is 4. The Bertz CT molecular complexity index is 595. The van der Waals surface area contributed by atoms with Gasteiger partial charge >= 0.3 is 0 Å². The summed E-state index contributed by atoms with van der Waals surface area (Å²) in [5.74, 6) is 0.634. The minimum atomic E-state index is -0.129. The lowest BCUT2D eigenvalue weighted by Crippen LogP contribution is -2.12. The second kappa shape index (κ2) is 6.81. The number of carbonyl (C=O) groups is 1. The molecule has 2 aromatic rings. The van der Waals surface area contributed by atoms with E-state index in [-0.39, 0.29) is 12.0 Å². The van der Waals surface area contributed by atoms with Gasteiger partial charge in [0.1, 0.15) is 5.75 Å². The third kappa shape index (κ3) is 4.02. The molecule has 1 aromatic heterocycles. The van der Waals surface area contributed by atoms with Crippen LogP contribution in [0.4, 0.5) is 5.69 Å². The summed E-state index contributed by atoms with van der Waals surface area (Å²) in [7, 11) is 0. The molecule has 0 bridgehead atoms. The van der Waals surface area contributed by atoms with Crippen LogP contribution in [0.3, 0.4) is 0 Å². The van der Waals surface area contributed by atoms with E-state index in [2.05, 4.69) is 24.9 Å². The average Bonchev–Trinajstić information content (AvgIpc) is 2.86. The molecule has 0 fully saturated rings. The molecule has 1 amide bonds. The highest BCUT2D eigenvalue weighted by Crippen LogP contribution is 2.22. The van der Waals surface area contributed by atoms with Gasteiger partial charge < -0.3 is 10.1 Å². The van der Waals surface area contributed by atoms with E-state index >= 15 is 0 Å². The summed E-state index contributed by atoms with van der Waals surface area (Å²) in [4.78, 5) is 13.5. The highest BCUT2D eigenvalue weighted by Gasteiger charge is 2.09. The van der Waals surface area contributed by atoms with Crippen molar-refractivity contribution < 1.29 is 9.53 Å². The van der Waals surface area contributed by atoms with Crippen molar-refractivity contribution in [1.82, 2.24) is 0 Å². The quantitative estimate of drug-likeness (QED) is 0.800. The van der Waals surface area contributed by atoms with E-state index in [0.29, 0.717) is 4.88 Å². The predicted molar refractivity (Wildman–Crippen MR) is 86.3 cm³/mol. The van der Waals surface area contributed by atoms with Crippen LogP contribution >= 0.6 is 24.0 Å². The Labute approximate surface area is 128 Å². The van der Waals surface area contributed by atoms with Crippen LogP contribution in [0.15, 0.2) is 40.6 Å². The Morgan fingerprint density at radius 3 is 2.90 bits per heavy atom. The van der Waals surface area contributed by atoms with E-state index in [0.717, 1.165) is 22.8 Å². The maximum Gasteiger partial charge on any atom is 0.265 e. The lowest BCUT2D eigenvalue weighted by atomic mass is 10.2. The molecule has 106 valence electrons. The predicted octanol–water partition coefficient (Wildman–Crippen LogP) is 4.47. The van der Waals surface area contributed by atoms with E-state index in [4.69, 9.17) is 4.74 Å². The number of carbonyl (C=O) groups excluding carboxylic acids is 1. The first kappa shape index (κ1) is 14.9. The van der Waals surface area contributed by atoms with Gasteiger partial charge in [0.2, 0.25) is 0 Å². The minimum absolute atomic E-state index is 0.129. The number of amides is 1. The smallest absolute Gasteiger partial charge is 0.265 e. The van der Waals surface area contributed by atoms with Crippen LogP contribution in [0.1, 0.15) is 29.9 Å². The summed E-state index contributed by atoms with van der Waals surface area (Å²) >= 11 is 5.58. The number of nitrogens with one attached hydrogen (secondary N) is 1. The first-order valence-electron chi connectivity index (χ1n) is 6.44.